The highest BCUT2D eigenvalue weighted by Crippen LogP contribution is 2.08. The third-order valence-electron chi connectivity index (χ3n) is 1.46. The molecule has 0 unspecified atom stereocenters. The first-order chi connectivity index (χ1) is 5.34. The topological polar surface area (TPSA) is 37.2 Å². The molecule has 0 fully saturated rings. The molecule has 0 aliphatic carbocycles. The minimum atomic E-state index is 0.502. The molecule has 0 amide bonds. The van der Waals surface area contributed by atoms with Gasteiger partial charge in [-0.3, -0.25) is 0 Å². The van der Waals surface area contributed by atoms with Crippen molar-refractivity contribution < 1.29 is 4.74 Å². The fourth-order valence-corrected chi connectivity index (χ4v) is 0.767. The molecular formula is C7H13N3O. The van der Waals surface area contributed by atoms with E-state index in [-0.39, 0.29) is 0 Å². The Morgan fingerprint density at radius 2 is 2.55 bits per heavy atom. The molecular weight excluding hydrogens is 142 g/mol. The van der Waals surface area contributed by atoms with E-state index in [9.17, 15) is 0 Å². The summed E-state index contributed by atoms with van der Waals surface area (Å²) in [6, 6.07) is 0. The Kier molecular flexibility index (Phi) is 3.04. The highest BCUT2D eigenvalue weighted by atomic mass is 16.5. The van der Waals surface area contributed by atoms with Crippen LogP contribution >= 0.6 is 0 Å². The van der Waals surface area contributed by atoms with Crippen LogP contribution in [0.15, 0.2) is 22.1 Å². The van der Waals surface area contributed by atoms with Gasteiger partial charge in [0, 0.05) is 12.3 Å². The number of hydrogen-bond acceptors (Lipinski definition) is 4. The largest absolute Gasteiger partial charge is 0.359 e. The van der Waals surface area contributed by atoms with Crippen LogP contribution in [0.4, 0.5) is 0 Å². The fraction of sp³-hybridized carbons (Fsp3) is 0.714. The van der Waals surface area contributed by atoms with E-state index in [1.54, 1.807) is 5.01 Å². The number of allylic oxidation sites excluding steroid dienone is 1. The monoisotopic (exact) mass is 155 g/mol. The van der Waals surface area contributed by atoms with Crippen LogP contribution in [0, 0.1) is 0 Å². The molecule has 1 aliphatic rings. The van der Waals surface area contributed by atoms with Gasteiger partial charge < -0.3 is 4.74 Å². The Hall–Kier alpha value is -0.900. The molecule has 0 spiro atoms. The molecule has 0 atom stereocenters. The summed E-state index contributed by atoms with van der Waals surface area (Å²) >= 11 is 0. The Balaban J connectivity index is 2.36. The van der Waals surface area contributed by atoms with Crippen molar-refractivity contribution in [3.05, 3.63) is 11.8 Å². The molecule has 0 saturated carbocycles. The Morgan fingerprint density at radius 1 is 1.73 bits per heavy atom. The summed E-state index contributed by atoms with van der Waals surface area (Å²) < 4.78 is 5.17. The van der Waals surface area contributed by atoms with Crippen molar-refractivity contribution in [2.45, 2.75) is 13.8 Å². The molecule has 1 heterocycles. The molecule has 0 N–H and O–H groups in total. The average Bonchev–Trinajstić information content (AvgIpc) is 2.03. The lowest BCUT2D eigenvalue weighted by Gasteiger charge is -2.19. The summed E-state index contributed by atoms with van der Waals surface area (Å²) in [7, 11) is 0. The van der Waals surface area contributed by atoms with E-state index in [0.29, 0.717) is 19.9 Å². The molecule has 1 aliphatic heterocycles. The standard InChI is InChI=1S/C7H13N3O/c1-3-11-6-10-7(2)4-5-8-9-10/h4H,3,5-6H2,1-2H3. The Labute approximate surface area is 66.5 Å². The predicted octanol–water partition coefficient (Wildman–Crippen LogP) is 1.57. The van der Waals surface area contributed by atoms with Crippen molar-refractivity contribution >= 4 is 0 Å². The van der Waals surface area contributed by atoms with E-state index < -0.39 is 0 Å². The summed E-state index contributed by atoms with van der Waals surface area (Å²) in [6.45, 7) is 5.85. The zero-order valence-corrected chi connectivity index (χ0v) is 6.95. The van der Waals surface area contributed by atoms with Crippen LogP contribution < -0.4 is 0 Å². The zero-order valence-electron chi connectivity index (χ0n) is 6.95. The van der Waals surface area contributed by atoms with Gasteiger partial charge in [-0.15, -0.1) is 0 Å². The van der Waals surface area contributed by atoms with Gasteiger partial charge in [0.2, 0.25) is 0 Å². The first kappa shape index (κ1) is 8.20. The van der Waals surface area contributed by atoms with Crippen molar-refractivity contribution in [3.8, 4) is 0 Å². The fourth-order valence-electron chi connectivity index (χ4n) is 0.767. The lowest BCUT2D eigenvalue weighted by atomic mass is 10.4. The summed E-state index contributed by atoms with van der Waals surface area (Å²) in [5, 5.41) is 9.51. The van der Waals surface area contributed by atoms with Gasteiger partial charge in [-0.1, -0.05) is 5.22 Å². The highest BCUT2D eigenvalue weighted by Gasteiger charge is 2.05. The summed E-state index contributed by atoms with van der Waals surface area (Å²) in [5.41, 5.74) is 1.11. The number of hydrogen-bond donors (Lipinski definition) is 0. The van der Waals surface area contributed by atoms with E-state index in [1.807, 2.05) is 19.9 Å². The molecule has 4 nitrogen and oxygen atoms in total. The van der Waals surface area contributed by atoms with Crippen molar-refractivity contribution in [3.63, 3.8) is 0 Å². The molecule has 0 aromatic heterocycles. The first-order valence-electron chi connectivity index (χ1n) is 3.74. The molecule has 0 aromatic rings. The van der Waals surface area contributed by atoms with Gasteiger partial charge >= 0.3 is 0 Å². The van der Waals surface area contributed by atoms with E-state index in [2.05, 4.69) is 10.3 Å². The molecule has 62 valence electrons. The van der Waals surface area contributed by atoms with Crippen LogP contribution in [0.3, 0.4) is 0 Å². The van der Waals surface area contributed by atoms with E-state index in [0.717, 1.165) is 5.70 Å². The van der Waals surface area contributed by atoms with Gasteiger partial charge in [0.15, 0.2) is 0 Å². The smallest absolute Gasteiger partial charge is 0.141 e. The van der Waals surface area contributed by atoms with Gasteiger partial charge in [0.05, 0.1) is 6.54 Å². The quantitative estimate of drug-likeness (QED) is 0.620. The Morgan fingerprint density at radius 3 is 3.18 bits per heavy atom. The summed E-state index contributed by atoms with van der Waals surface area (Å²) in [4.78, 5) is 0. The maximum absolute atomic E-state index is 5.17. The van der Waals surface area contributed by atoms with Gasteiger partial charge in [-0.25, -0.2) is 5.01 Å². The maximum atomic E-state index is 5.17. The first-order valence-corrected chi connectivity index (χ1v) is 3.74. The molecule has 0 saturated heterocycles. The third-order valence-corrected chi connectivity index (χ3v) is 1.46. The molecule has 1 rings (SSSR count). The van der Waals surface area contributed by atoms with Gasteiger partial charge in [0.1, 0.15) is 6.73 Å². The van der Waals surface area contributed by atoms with Crippen molar-refractivity contribution in [2.75, 3.05) is 19.9 Å². The second kappa shape index (κ2) is 4.08. The van der Waals surface area contributed by atoms with E-state index in [4.69, 9.17) is 4.74 Å². The molecule has 0 bridgehead atoms. The van der Waals surface area contributed by atoms with Crippen molar-refractivity contribution in [2.24, 2.45) is 10.3 Å². The zero-order chi connectivity index (χ0) is 8.10. The minimum Gasteiger partial charge on any atom is -0.359 e. The lowest BCUT2D eigenvalue weighted by molar-refractivity contribution is 0.0500. The van der Waals surface area contributed by atoms with Crippen molar-refractivity contribution in [1.82, 2.24) is 5.01 Å². The van der Waals surface area contributed by atoms with Gasteiger partial charge in [-0.2, -0.15) is 5.11 Å². The van der Waals surface area contributed by atoms with Crippen LogP contribution in [0.5, 0.6) is 0 Å². The molecule has 11 heavy (non-hydrogen) atoms. The maximum Gasteiger partial charge on any atom is 0.141 e. The second-order valence-corrected chi connectivity index (χ2v) is 2.28. The lowest BCUT2D eigenvalue weighted by Crippen LogP contribution is -2.20. The number of rotatable bonds is 3. The summed E-state index contributed by atoms with van der Waals surface area (Å²) in [5.74, 6) is 0. The van der Waals surface area contributed by atoms with Crippen LogP contribution in [-0.2, 0) is 4.74 Å². The predicted molar refractivity (Wildman–Crippen MR) is 41.8 cm³/mol. The second-order valence-electron chi connectivity index (χ2n) is 2.28. The van der Waals surface area contributed by atoms with E-state index >= 15 is 0 Å². The highest BCUT2D eigenvalue weighted by molar-refractivity contribution is 4.98. The van der Waals surface area contributed by atoms with E-state index in [1.165, 1.54) is 0 Å². The van der Waals surface area contributed by atoms with Crippen LogP contribution in [0.1, 0.15) is 13.8 Å². The van der Waals surface area contributed by atoms with Crippen LogP contribution in [0.25, 0.3) is 0 Å². The van der Waals surface area contributed by atoms with Crippen LogP contribution in [-0.4, -0.2) is 24.9 Å². The van der Waals surface area contributed by atoms with Gasteiger partial charge in [-0.05, 0) is 19.9 Å². The average molecular weight is 155 g/mol. The Bertz CT molecular complexity index is 177. The third kappa shape index (κ3) is 2.31. The number of nitrogens with zero attached hydrogens (tertiary/aromatic N) is 3. The molecule has 4 heteroatoms. The normalized spacial score (nSPS) is 16.9. The number of ether oxygens (including phenoxy) is 1. The SMILES string of the molecule is CCOCN1N=NCC=C1C. The van der Waals surface area contributed by atoms with Crippen molar-refractivity contribution in [1.29, 1.82) is 0 Å². The van der Waals surface area contributed by atoms with Gasteiger partial charge in [0.25, 0.3) is 0 Å². The minimum absolute atomic E-state index is 0.502. The molecule has 0 radical (unpaired) electrons. The van der Waals surface area contributed by atoms with Crippen LogP contribution in [0.2, 0.25) is 0 Å². The molecule has 0 aromatic carbocycles. The summed E-state index contributed by atoms with van der Waals surface area (Å²) in [6.07, 6.45) is 2.02.